The van der Waals surface area contributed by atoms with E-state index in [4.69, 9.17) is 9.84 Å². The van der Waals surface area contributed by atoms with Gasteiger partial charge in [-0.05, 0) is 18.9 Å². The van der Waals surface area contributed by atoms with Crippen molar-refractivity contribution in [3.8, 4) is 0 Å². The maximum atomic E-state index is 10.3. The van der Waals surface area contributed by atoms with Crippen molar-refractivity contribution in [3.63, 3.8) is 0 Å². The second-order valence-corrected chi connectivity index (χ2v) is 3.55. The Kier molecular flexibility index (Phi) is 3.26. The Morgan fingerprint density at radius 2 is 2.25 bits per heavy atom. The molecule has 16 heavy (non-hydrogen) atoms. The number of aromatic nitrogens is 2. The molecule has 1 aliphatic heterocycles. The fraction of sp³-hybridized carbons (Fsp3) is 0.364. The third kappa shape index (κ3) is 2.64. The van der Waals surface area contributed by atoms with Crippen molar-refractivity contribution in [1.82, 2.24) is 9.97 Å². The van der Waals surface area contributed by atoms with E-state index in [1.807, 2.05) is 0 Å². The van der Waals surface area contributed by atoms with Crippen molar-refractivity contribution in [2.45, 2.75) is 18.9 Å². The van der Waals surface area contributed by atoms with Crippen LogP contribution in [0.1, 0.15) is 30.3 Å². The third-order valence-corrected chi connectivity index (χ3v) is 2.33. The summed E-state index contributed by atoms with van der Waals surface area (Å²) < 4.78 is 5.44. The van der Waals surface area contributed by atoms with Gasteiger partial charge in [0.2, 0.25) is 0 Å². The van der Waals surface area contributed by atoms with Crippen molar-refractivity contribution in [3.05, 3.63) is 29.9 Å². The summed E-state index contributed by atoms with van der Waals surface area (Å²) in [5, 5.41) is 8.45. The highest BCUT2D eigenvalue weighted by Crippen LogP contribution is 2.25. The summed E-state index contributed by atoms with van der Waals surface area (Å²) in [7, 11) is 0. The lowest BCUT2D eigenvalue weighted by Gasteiger charge is -2.06. The molecule has 1 saturated heterocycles. The second-order valence-electron chi connectivity index (χ2n) is 3.55. The Hall–Kier alpha value is -1.75. The topological polar surface area (TPSA) is 72.3 Å². The molecule has 1 atom stereocenters. The van der Waals surface area contributed by atoms with Crippen molar-refractivity contribution in [1.29, 1.82) is 0 Å². The number of hydrogen-bond acceptors (Lipinski definition) is 4. The molecule has 0 aromatic carbocycles. The number of hydrogen-bond donors (Lipinski definition) is 1. The van der Waals surface area contributed by atoms with E-state index in [9.17, 15) is 4.79 Å². The lowest BCUT2D eigenvalue weighted by Crippen LogP contribution is -2.02. The van der Waals surface area contributed by atoms with Gasteiger partial charge in [0.25, 0.3) is 0 Å². The minimum absolute atomic E-state index is 0.00231. The zero-order valence-corrected chi connectivity index (χ0v) is 8.67. The van der Waals surface area contributed by atoms with E-state index in [0.717, 1.165) is 25.5 Å². The number of carboxylic acid groups (broad SMARTS) is 1. The fourth-order valence-corrected chi connectivity index (χ4v) is 1.55. The normalized spacial score (nSPS) is 20.4. The lowest BCUT2D eigenvalue weighted by molar-refractivity contribution is -0.131. The number of carbonyl (C=O) groups is 1. The number of aliphatic carboxylic acids is 1. The largest absolute Gasteiger partial charge is 0.478 e. The molecule has 1 aromatic rings. The number of nitrogens with zero attached hydrogens (tertiary/aromatic N) is 2. The van der Waals surface area contributed by atoms with Gasteiger partial charge in [-0.15, -0.1) is 0 Å². The molecule has 0 spiro atoms. The first-order chi connectivity index (χ1) is 7.75. The quantitative estimate of drug-likeness (QED) is 0.780. The van der Waals surface area contributed by atoms with Crippen LogP contribution in [0, 0.1) is 0 Å². The zero-order chi connectivity index (χ0) is 11.4. The molecule has 1 aromatic heterocycles. The number of ether oxygens (including phenoxy) is 1. The SMILES string of the molecule is O=C(O)/C=C/c1cnc([C@@H]2CCCO2)nc1. The van der Waals surface area contributed by atoms with E-state index in [0.29, 0.717) is 11.4 Å². The van der Waals surface area contributed by atoms with Crippen molar-refractivity contribution >= 4 is 12.0 Å². The highest BCUT2D eigenvalue weighted by atomic mass is 16.5. The maximum Gasteiger partial charge on any atom is 0.328 e. The monoisotopic (exact) mass is 220 g/mol. The molecule has 5 heteroatoms. The molecule has 0 saturated carbocycles. The fourth-order valence-electron chi connectivity index (χ4n) is 1.55. The summed E-state index contributed by atoms with van der Waals surface area (Å²) >= 11 is 0. The van der Waals surface area contributed by atoms with Crippen LogP contribution in [0.5, 0.6) is 0 Å². The summed E-state index contributed by atoms with van der Waals surface area (Å²) in [5.74, 6) is -0.312. The van der Waals surface area contributed by atoms with E-state index in [2.05, 4.69) is 9.97 Å². The maximum absolute atomic E-state index is 10.3. The molecular formula is C11H12N2O3. The molecule has 1 N–H and O–H groups in total. The minimum atomic E-state index is -0.983. The van der Waals surface area contributed by atoms with Crippen LogP contribution >= 0.6 is 0 Å². The Bertz CT molecular complexity index is 394. The van der Waals surface area contributed by atoms with Crippen LogP contribution in [0.2, 0.25) is 0 Å². The molecule has 1 aliphatic rings. The predicted molar refractivity (Wildman–Crippen MR) is 56.6 cm³/mol. The van der Waals surface area contributed by atoms with Crippen LogP contribution in [0.15, 0.2) is 18.5 Å². The zero-order valence-electron chi connectivity index (χ0n) is 8.67. The van der Waals surface area contributed by atoms with Crippen LogP contribution in [0.3, 0.4) is 0 Å². The van der Waals surface area contributed by atoms with Gasteiger partial charge in [-0.25, -0.2) is 14.8 Å². The Labute approximate surface area is 92.8 Å². The average Bonchev–Trinajstić information content (AvgIpc) is 2.80. The second kappa shape index (κ2) is 4.85. The van der Waals surface area contributed by atoms with Crippen LogP contribution < -0.4 is 0 Å². The van der Waals surface area contributed by atoms with Crippen LogP contribution in [-0.2, 0) is 9.53 Å². The van der Waals surface area contributed by atoms with Gasteiger partial charge in [-0.1, -0.05) is 0 Å². The standard InChI is InChI=1S/C11H12N2O3/c14-10(15)4-3-8-6-12-11(13-7-8)9-2-1-5-16-9/h3-4,6-7,9H,1-2,5H2,(H,14,15)/b4-3+/t9-/m0/s1. The molecule has 0 aliphatic carbocycles. The van der Waals surface area contributed by atoms with E-state index in [-0.39, 0.29) is 6.10 Å². The van der Waals surface area contributed by atoms with Gasteiger partial charge in [-0.2, -0.15) is 0 Å². The number of rotatable bonds is 3. The lowest BCUT2D eigenvalue weighted by atomic mass is 10.2. The summed E-state index contributed by atoms with van der Waals surface area (Å²) in [6.45, 7) is 0.759. The van der Waals surface area contributed by atoms with Crippen molar-refractivity contribution in [2.75, 3.05) is 6.61 Å². The van der Waals surface area contributed by atoms with E-state index in [1.165, 1.54) is 6.08 Å². The van der Waals surface area contributed by atoms with Gasteiger partial charge in [0.05, 0.1) is 0 Å². The first kappa shape index (κ1) is 10.8. The minimum Gasteiger partial charge on any atom is -0.478 e. The first-order valence-electron chi connectivity index (χ1n) is 5.10. The first-order valence-corrected chi connectivity index (χ1v) is 5.10. The molecule has 2 heterocycles. The smallest absolute Gasteiger partial charge is 0.328 e. The van der Waals surface area contributed by atoms with E-state index in [1.54, 1.807) is 12.4 Å². The third-order valence-electron chi connectivity index (χ3n) is 2.33. The number of carboxylic acids is 1. The molecule has 0 unspecified atom stereocenters. The summed E-state index contributed by atoms with van der Waals surface area (Å²) in [6.07, 6.45) is 7.70. The summed E-state index contributed by atoms with van der Waals surface area (Å²) in [5.41, 5.74) is 0.671. The van der Waals surface area contributed by atoms with Crippen LogP contribution in [0.4, 0.5) is 0 Å². The van der Waals surface area contributed by atoms with Crippen LogP contribution in [-0.4, -0.2) is 27.7 Å². The molecule has 5 nitrogen and oxygen atoms in total. The van der Waals surface area contributed by atoms with Crippen molar-refractivity contribution < 1.29 is 14.6 Å². The summed E-state index contributed by atoms with van der Waals surface area (Å²) in [6, 6.07) is 0. The molecule has 0 amide bonds. The molecule has 2 rings (SSSR count). The van der Waals surface area contributed by atoms with E-state index < -0.39 is 5.97 Å². The molecule has 0 bridgehead atoms. The van der Waals surface area contributed by atoms with Crippen LogP contribution in [0.25, 0.3) is 6.08 Å². The van der Waals surface area contributed by atoms with Crippen molar-refractivity contribution in [2.24, 2.45) is 0 Å². The molecule has 0 radical (unpaired) electrons. The summed E-state index contributed by atoms with van der Waals surface area (Å²) in [4.78, 5) is 18.6. The van der Waals surface area contributed by atoms with Gasteiger partial charge in [0, 0.05) is 30.6 Å². The van der Waals surface area contributed by atoms with Gasteiger partial charge in [-0.3, -0.25) is 0 Å². The Morgan fingerprint density at radius 3 is 2.81 bits per heavy atom. The van der Waals surface area contributed by atoms with Gasteiger partial charge in [0.15, 0.2) is 5.82 Å². The predicted octanol–water partition coefficient (Wildman–Crippen LogP) is 1.43. The van der Waals surface area contributed by atoms with Gasteiger partial charge in [0.1, 0.15) is 6.10 Å². The molecule has 84 valence electrons. The molecular weight excluding hydrogens is 208 g/mol. The van der Waals surface area contributed by atoms with Gasteiger partial charge >= 0.3 is 5.97 Å². The average molecular weight is 220 g/mol. The Morgan fingerprint density at radius 1 is 1.50 bits per heavy atom. The highest BCUT2D eigenvalue weighted by Gasteiger charge is 2.19. The Balaban J connectivity index is 2.06. The highest BCUT2D eigenvalue weighted by molar-refractivity contribution is 5.85. The van der Waals surface area contributed by atoms with E-state index >= 15 is 0 Å². The van der Waals surface area contributed by atoms with Gasteiger partial charge < -0.3 is 9.84 Å². The molecule has 1 fully saturated rings.